The van der Waals surface area contributed by atoms with Gasteiger partial charge in [-0.1, -0.05) is 66.2 Å². The number of rotatable bonds is 11. The maximum absolute atomic E-state index is 12.4. The molecule has 246 valence electrons. The molecule has 0 amide bonds. The van der Waals surface area contributed by atoms with Crippen LogP contribution in [0, 0.1) is 6.92 Å². The summed E-state index contributed by atoms with van der Waals surface area (Å²) in [4.78, 5) is 27.7. The fourth-order valence-corrected chi connectivity index (χ4v) is 7.38. The molecule has 0 radical (unpaired) electrons. The zero-order valence-corrected chi connectivity index (χ0v) is 28.3. The first-order valence-electron chi connectivity index (χ1n) is 15.9. The summed E-state index contributed by atoms with van der Waals surface area (Å²) in [5.41, 5.74) is 3.99. The molecule has 1 aliphatic rings. The molecule has 7 rings (SSSR count). The number of piperazine rings is 1. The van der Waals surface area contributed by atoms with Crippen molar-refractivity contribution < 1.29 is 23.8 Å². The topological polar surface area (TPSA) is 101 Å². The van der Waals surface area contributed by atoms with Crippen molar-refractivity contribution in [2.75, 3.05) is 46.4 Å². The number of ether oxygens (including phenoxy) is 2. The molecule has 3 aromatic heterocycles. The van der Waals surface area contributed by atoms with Gasteiger partial charge in [-0.2, -0.15) is 0 Å². The van der Waals surface area contributed by atoms with Gasteiger partial charge in [0, 0.05) is 50.1 Å². The Kier molecular flexibility index (Phi) is 9.32. The molecule has 6 aromatic rings. The summed E-state index contributed by atoms with van der Waals surface area (Å²) in [6, 6.07) is 23.1. The third kappa shape index (κ3) is 6.61. The fraction of sp³-hybridized carbons (Fsp3) is 0.270. The normalized spacial score (nSPS) is 14.8. The van der Waals surface area contributed by atoms with Gasteiger partial charge in [0.25, 0.3) is 0 Å². The predicted molar refractivity (Wildman–Crippen MR) is 189 cm³/mol. The molecule has 0 aliphatic carbocycles. The molecule has 0 bridgehead atoms. The maximum atomic E-state index is 12.4. The van der Waals surface area contributed by atoms with Crippen LogP contribution in [0.5, 0.6) is 11.6 Å². The number of furan rings is 1. The van der Waals surface area contributed by atoms with Crippen LogP contribution in [0.1, 0.15) is 11.1 Å². The lowest BCUT2D eigenvalue weighted by Gasteiger charge is -2.32. The number of hydrogen-bond acceptors (Lipinski definition) is 9. The average Bonchev–Trinajstić information content (AvgIpc) is 3.70. The van der Waals surface area contributed by atoms with Gasteiger partial charge in [0.2, 0.25) is 12.0 Å². The van der Waals surface area contributed by atoms with Crippen LogP contribution in [0.15, 0.2) is 83.5 Å². The van der Waals surface area contributed by atoms with E-state index >= 15 is 0 Å². The molecule has 1 saturated heterocycles. The SMILES string of the molecule is Cc1c(-c2c(-c3cc4ccccc4o3)sc3ncnc(O[C@H](Cc4ccccc4)C(=O)O)c23)ccc(OCCN2CCN(C)CC2)c1Cl. The number of aliphatic carboxylic acids is 1. The quantitative estimate of drug-likeness (QED) is 0.149. The number of carboxylic acids is 1. The number of para-hydroxylation sites is 1. The number of carbonyl (C=O) groups is 1. The Labute approximate surface area is 287 Å². The Morgan fingerprint density at radius 1 is 1.04 bits per heavy atom. The number of fused-ring (bicyclic) bond motifs is 2. The van der Waals surface area contributed by atoms with Crippen LogP contribution in [0.25, 0.3) is 43.0 Å². The molecule has 0 spiro atoms. The first kappa shape index (κ1) is 32.1. The molecule has 1 fully saturated rings. The first-order chi connectivity index (χ1) is 23.4. The molecule has 0 saturated carbocycles. The molecule has 3 aromatic carbocycles. The number of nitrogens with zero attached hydrogens (tertiary/aromatic N) is 4. The molecule has 1 aliphatic heterocycles. The van der Waals surface area contributed by atoms with Crippen molar-refractivity contribution in [2.45, 2.75) is 19.4 Å². The molecule has 9 nitrogen and oxygen atoms in total. The van der Waals surface area contributed by atoms with E-state index in [-0.39, 0.29) is 12.3 Å². The summed E-state index contributed by atoms with van der Waals surface area (Å²) in [6.07, 6.45) is 0.398. The summed E-state index contributed by atoms with van der Waals surface area (Å²) >= 11 is 8.45. The average molecular weight is 683 g/mol. The summed E-state index contributed by atoms with van der Waals surface area (Å²) in [6.45, 7) is 7.43. The smallest absolute Gasteiger partial charge is 0.345 e. The number of hydrogen-bond donors (Lipinski definition) is 1. The van der Waals surface area contributed by atoms with Crippen LogP contribution < -0.4 is 9.47 Å². The number of aromatic nitrogens is 2. The van der Waals surface area contributed by atoms with E-state index in [2.05, 4.69) is 26.8 Å². The van der Waals surface area contributed by atoms with E-state index in [0.29, 0.717) is 33.4 Å². The van der Waals surface area contributed by atoms with Gasteiger partial charge in [0.1, 0.15) is 34.9 Å². The molecule has 11 heteroatoms. The molecular weight excluding hydrogens is 648 g/mol. The monoisotopic (exact) mass is 682 g/mol. The van der Waals surface area contributed by atoms with Crippen molar-refractivity contribution in [1.82, 2.24) is 19.8 Å². The lowest BCUT2D eigenvalue weighted by atomic mass is 9.97. The first-order valence-corrected chi connectivity index (χ1v) is 17.1. The van der Waals surface area contributed by atoms with Crippen molar-refractivity contribution in [3.63, 3.8) is 0 Å². The largest absolute Gasteiger partial charge is 0.491 e. The lowest BCUT2D eigenvalue weighted by molar-refractivity contribution is -0.145. The van der Waals surface area contributed by atoms with Gasteiger partial charge in [-0.15, -0.1) is 11.3 Å². The van der Waals surface area contributed by atoms with Crippen molar-refractivity contribution in [3.8, 4) is 33.4 Å². The second kappa shape index (κ2) is 13.9. The van der Waals surface area contributed by atoms with Gasteiger partial charge in [-0.05, 0) is 48.9 Å². The predicted octanol–water partition coefficient (Wildman–Crippen LogP) is 7.43. The van der Waals surface area contributed by atoms with Gasteiger partial charge in [0.05, 0.1) is 15.3 Å². The van der Waals surface area contributed by atoms with Gasteiger partial charge >= 0.3 is 5.97 Å². The lowest BCUT2D eigenvalue weighted by Crippen LogP contribution is -2.45. The number of likely N-dealkylation sites (N-methyl/N-ethyl adjacent to an activating group) is 1. The molecule has 48 heavy (non-hydrogen) atoms. The number of thiophene rings is 1. The summed E-state index contributed by atoms with van der Waals surface area (Å²) < 4.78 is 18.8. The summed E-state index contributed by atoms with van der Waals surface area (Å²) in [5.74, 6) is 0.359. The van der Waals surface area contributed by atoms with E-state index in [1.807, 2.05) is 79.7 Å². The number of carboxylic acid groups (broad SMARTS) is 1. The van der Waals surface area contributed by atoms with E-state index in [4.69, 9.17) is 25.5 Å². The van der Waals surface area contributed by atoms with E-state index in [9.17, 15) is 9.90 Å². The van der Waals surface area contributed by atoms with E-state index in [1.54, 1.807) is 0 Å². The highest BCUT2D eigenvalue weighted by Gasteiger charge is 2.28. The Hall–Kier alpha value is -4.48. The minimum Gasteiger partial charge on any atom is -0.491 e. The highest BCUT2D eigenvalue weighted by atomic mass is 35.5. The zero-order valence-electron chi connectivity index (χ0n) is 26.7. The maximum Gasteiger partial charge on any atom is 0.345 e. The minimum atomic E-state index is -1.17. The molecular formula is C37H35ClN4O5S. The fourth-order valence-electron chi connectivity index (χ4n) is 6.06. The zero-order chi connectivity index (χ0) is 33.2. The summed E-state index contributed by atoms with van der Waals surface area (Å²) in [5, 5.41) is 12.2. The molecule has 1 N–H and O–H groups in total. The standard InChI is InChI=1S/C37H35ClN4O5S/c1-23-26(12-13-28(33(23)38)45-19-18-42-16-14-41(2)15-17-42)31-32-35(47-30(37(43)44)20-24-8-4-3-5-9-24)39-22-40-36(32)48-34(31)29-21-25-10-6-7-11-27(25)46-29/h3-13,21-22,30H,14-20H2,1-2H3,(H,43,44)/t30-/m1/s1. The van der Waals surface area contributed by atoms with Crippen LogP contribution in [-0.4, -0.2) is 83.3 Å². The minimum absolute atomic E-state index is 0.169. The second-order valence-electron chi connectivity index (χ2n) is 12.0. The second-order valence-corrected chi connectivity index (χ2v) is 13.4. The molecule has 0 unspecified atom stereocenters. The van der Waals surface area contributed by atoms with Crippen molar-refractivity contribution >= 4 is 50.1 Å². The van der Waals surface area contributed by atoms with Gasteiger partial charge in [0.15, 0.2) is 0 Å². The van der Waals surface area contributed by atoms with Crippen molar-refractivity contribution in [2.24, 2.45) is 0 Å². The summed E-state index contributed by atoms with van der Waals surface area (Å²) in [7, 11) is 2.14. The Bertz CT molecular complexity index is 2040. The third-order valence-electron chi connectivity index (χ3n) is 8.78. The van der Waals surface area contributed by atoms with Crippen LogP contribution in [0.3, 0.4) is 0 Å². The number of benzene rings is 3. The Morgan fingerprint density at radius 3 is 2.58 bits per heavy atom. The van der Waals surface area contributed by atoms with E-state index < -0.39 is 12.1 Å². The molecule has 4 heterocycles. The van der Waals surface area contributed by atoms with Gasteiger partial charge < -0.3 is 23.9 Å². The Morgan fingerprint density at radius 2 is 1.81 bits per heavy atom. The van der Waals surface area contributed by atoms with E-state index in [1.165, 1.54) is 17.7 Å². The van der Waals surface area contributed by atoms with Gasteiger partial charge in [-0.3, -0.25) is 4.90 Å². The molecule has 1 atom stereocenters. The van der Waals surface area contributed by atoms with Crippen LogP contribution in [0.2, 0.25) is 5.02 Å². The number of halogens is 1. The highest BCUT2D eigenvalue weighted by molar-refractivity contribution is 7.22. The van der Waals surface area contributed by atoms with Crippen LogP contribution >= 0.6 is 22.9 Å². The van der Waals surface area contributed by atoms with Crippen molar-refractivity contribution in [1.29, 1.82) is 0 Å². The van der Waals surface area contributed by atoms with Crippen LogP contribution in [0.4, 0.5) is 0 Å². The third-order valence-corrected chi connectivity index (χ3v) is 10.4. The Balaban J connectivity index is 1.29. The van der Waals surface area contributed by atoms with Crippen molar-refractivity contribution in [3.05, 3.63) is 95.3 Å². The van der Waals surface area contributed by atoms with Gasteiger partial charge in [-0.25, -0.2) is 14.8 Å². The highest BCUT2D eigenvalue weighted by Crippen LogP contribution is 2.50. The van der Waals surface area contributed by atoms with Crippen LogP contribution in [-0.2, 0) is 11.2 Å². The van der Waals surface area contributed by atoms with E-state index in [0.717, 1.165) is 70.8 Å².